The summed E-state index contributed by atoms with van der Waals surface area (Å²) < 4.78 is 0. The molecule has 5 nitrogen and oxygen atoms in total. The van der Waals surface area contributed by atoms with Gasteiger partial charge >= 0.3 is 0 Å². The van der Waals surface area contributed by atoms with E-state index in [2.05, 4.69) is 29.0 Å². The standard InChI is InChI=1S/C16H23N3O2/c1-17-6-8-18(9-7-17)14-2-4-15(5-3-14)19-11-13(12-20)10-16(19)21/h2-5,13,20H,6-12H2,1H3. The maximum atomic E-state index is 12.0. The van der Waals surface area contributed by atoms with Crippen LogP contribution in [-0.2, 0) is 4.79 Å². The van der Waals surface area contributed by atoms with Gasteiger partial charge in [0.05, 0.1) is 0 Å². The molecule has 2 fully saturated rings. The zero-order chi connectivity index (χ0) is 14.8. The maximum absolute atomic E-state index is 12.0. The number of carbonyl (C=O) groups excluding carboxylic acids is 1. The number of carbonyl (C=O) groups is 1. The van der Waals surface area contributed by atoms with E-state index in [1.54, 1.807) is 4.90 Å². The van der Waals surface area contributed by atoms with Gasteiger partial charge in [0.15, 0.2) is 0 Å². The van der Waals surface area contributed by atoms with E-state index in [0.717, 1.165) is 31.9 Å². The van der Waals surface area contributed by atoms with Crippen LogP contribution in [0.3, 0.4) is 0 Å². The third kappa shape index (κ3) is 3.04. The number of aliphatic hydroxyl groups excluding tert-OH is 1. The first-order valence-electron chi connectivity index (χ1n) is 7.62. The van der Waals surface area contributed by atoms with E-state index in [9.17, 15) is 9.90 Å². The Labute approximate surface area is 125 Å². The van der Waals surface area contributed by atoms with Crippen LogP contribution in [0.2, 0.25) is 0 Å². The molecule has 1 atom stereocenters. The Morgan fingerprint density at radius 3 is 2.29 bits per heavy atom. The van der Waals surface area contributed by atoms with Gasteiger partial charge in [0.2, 0.25) is 5.91 Å². The van der Waals surface area contributed by atoms with Gasteiger partial charge in [-0.3, -0.25) is 4.79 Å². The molecule has 0 bridgehead atoms. The minimum Gasteiger partial charge on any atom is -0.396 e. The number of benzene rings is 1. The molecule has 114 valence electrons. The van der Waals surface area contributed by atoms with E-state index in [-0.39, 0.29) is 18.4 Å². The molecule has 21 heavy (non-hydrogen) atoms. The fraction of sp³-hybridized carbons (Fsp3) is 0.562. The number of amides is 1. The van der Waals surface area contributed by atoms with Crippen molar-refractivity contribution in [2.45, 2.75) is 6.42 Å². The van der Waals surface area contributed by atoms with Crippen LogP contribution in [0.15, 0.2) is 24.3 Å². The van der Waals surface area contributed by atoms with Gasteiger partial charge in [-0.1, -0.05) is 0 Å². The monoisotopic (exact) mass is 289 g/mol. The van der Waals surface area contributed by atoms with E-state index in [1.165, 1.54) is 5.69 Å². The number of piperazine rings is 1. The second kappa shape index (κ2) is 6.03. The summed E-state index contributed by atoms with van der Waals surface area (Å²) in [6.45, 7) is 4.98. The van der Waals surface area contributed by atoms with Crippen LogP contribution in [0, 0.1) is 5.92 Å². The molecule has 1 N–H and O–H groups in total. The highest BCUT2D eigenvalue weighted by molar-refractivity contribution is 5.95. The van der Waals surface area contributed by atoms with E-state index < -0.39 is 0 Å². The van der Waals surface area contributed by atoms with Crippen molar-refractivity contribution in [3.63, 3.8) is 0 Å². The van der Waals surface area contributed by atoms with E-state index in [1.807, 2.05) is 12.1 Å². The van der Waals surface area contributed by atoms with Crippen molar-refractivity contribution in [1.29, 1.82) is 0 Å². The van der Waals surface area contributed by atoms with E-state index in [4.69, 9.17) is 0 Å². The van der Waals surface area contributed by atoms with Crippen LogP contribution in [0.1, 0.15) is 6.42 Å². The first-order valence-corrected chi connectivity index (χ1v) is 7.62. The molecular weight excluding hydrogens is 266 g/mol. The summed E-state index contributed by atoms with van der Waals surface area (Å²) in [5.41, 5.74) is 2.16. The van der Waals surface area contributed by atoms with Crippen molar-refractivity contribution in [3.8, 4) is 0 Å². The molecular formula is C16H23N3O2. The molecule has 1 aromatic rings. The molecule has 1 aromatic carbocycles. The predicted octanol–water partition coefficient (Wildman–Crippen LogP) is 0.784. The smallest absolute Gasteiger partial charge is 0.227 e. The second-order valence-corrected chi connectivity index (χ2v) is 6.06. The Kier molecular flexibility index (Phi) is 4.12. The van der Waals surface area contributed by atoms with Gasteiger partial charge < -0.3 is 19.8 Å². The Hall–Kier alpha value is -1.59. The van der Waals surface area contributed by atoms with Gasteiger partial charge in [0, 0.05) is 63.0 Å². The quantitative estimate of drug-likeness (QED) is 0.893. The minimum absolute atomic E-state index is 0.0785. The minimum atomic E-state index is 0.0785. The molecule has 2 aliphatic rings. The average molecular weight is 289 g/mol. The van der Waals surface area contributed by atoms with Crippen LogP contribution in [0.4, 0.5) is 11.4 Å². The summed E-state index contributed by atoms with van der Waals surface area (Å²) in [5, 5.41) is 9.19. The number of hydrogen-bond donors (Lipinski definition) is 1. The molecule has 2 heterocycles. The van der Waals surface area contributed by atoms with Crippen LogP contribution in [-0.4, -0.2) is 62.3 Å². The largest absolute Gasteiger partial charge is 0.396 e. The van der Waals surface area contributed by atoms with Gasteiger partial charge in [-0.25, -0.2) is 0 Å². The molecule has 0 spiro atoms. The Balaban J connectivity index is 1.68. The predicted molar refractivity (Wildman–Crippen MR) is 83.7 cm³/mol. The number of nitrogens with zero attached hydrogens (tertiary/aromatic N) is 3. The molecule has 1 unspecified atom stereocenters. The fourth-order valence-electron chi connectivity index (χ4n) is 3.06. The Bertz CT molecular complexity index is 495. The highest BCUT2D eigenvalue weighted by atomic mass is 16.3. The second-order valence-electron chi connectivity index (χ2n) is 6.06. The molecule has 1 amide bonds. The van der Waals surface area contributed by atoms with Crippen LogP contribution in [0.25, 0.3) is 0 Å². The van der Waals surface area contributed by atoms with E-state index in [0.29, 0.717) is 13.0 Å². The highest BCUT2D eigenvalue weighted by Gasteiger charge is 2.30. The van der Waals surface area contributed by atoms with Gasteiger partial charge in [0.25, 0.3) is 0 Å². The zero-order valence-electron chi connectivity index (χ0n) is 12.5. The third-order valence-electron chi connectivity index (χ3n) is 4.49. The summed E-state index contributed by atoms with van der Waals surface area (Å²) in [6, 6.07) is 8.23. The van der Waals surface area contributed by atoms with Crippen molar-refractivity contribution in [3.05, 3.63) is 24.3 Å². The SMILES string of the molecule is CN1CCN(c2ccc(N3CC(CO)CC3=O)cc2)CC1. The number of aliphatic hydroxyl groups is 1. The molecule has 2 aliphatic heterocycles. The van der Waals surface area contributed by atoms with Crippen molar-refractivity contribution >= 4 is 17.3 Å². The summed E-state index contributed by atoms with van der Waals surface area (Å²) in [7, 11) is 2.15. The maximum Gasteiger partial charge on any atom is 0.227 e. The van der Waals surface area contributed by atoms with Gasteiger partial charge in [-0.15, -0.1) is 0 Å². The van der Waals surface area contributed by atoms with Crippen molar-refractivity contribution in [2.75, 3.05) is 56.2 Å². The fourth-order valence-corrected chi connectivity index (χ4v) is 3.06. The number of rotatable bonds is 3. The summed E-state index contributed by atoms with van der Waals surface area (Å²) in [4.78, 5) is 18.5. The van der Waals surface area contributed by atoms with E-state index >= 15 is 0 Å². The van der Waals surface area contributed by atoms with Crippen LogP contribution >= 0.6 is 0 Å². The average Bonchev–Trinajstić information content (AvgIpc) is 2.89. The summed E-state index contributed by atoms with van der Waals surface area (Å²) >= 11 is 0. The Morgan fingerprint density at radius 1 is 1.10 bits per heavy atom. The highest BCUT2D eigenvalue weighted by Crippen LogP contribution is 2.27. The number of hydrogen-bond acceptors (Lipinski definition) is 4. The van der Waals surface area contributed by atoms with Gasteiger partial charge in [0.1, 0.15) is 0 Å². The molecule has 5 heteroatoms. The lowest BCUT2D eigenvalue weighted by Crippen LogP contribution is -2.44. The zero-order valence-corrected chi connectivity index (χ0v) is 12.5. The van der Waals surface area contributed by atoms with Crippen LogP contribution < -0.4 is 9.80 Å². The van der Waals surface area contributed by atoms with Crippen molar-refractivity contribution in [2.24, 2.45) is 5.92 Å². The number of anilines is 2. The molecule has 3 rings (SSSR count). The van der Waals surface area contributed by atoms with Gasteiger partial charge in [-0.2, -0.15) is 0 Å². The van der Waals surface area contributed by atoms with Crippen molar-refractivity contribution < 1.29 is 9.90 Å². The molecule has 0 aromatic heterocycles. The molecule has 0 radical (unpaired) electrons. The van der Waals surface area contributed by atoms with Crippen LogP contribution in [0.5, 0.6) is 0 Å². The third-order valence-corrected chi connectivity index (χ3v) is 4.49. The van der Waals surface area contributed by atoms with Gasteiger partial charge in [-0.05, 0) is 31.3 Å². The molecule has 0 aliphatic carbocycles. The Morgan fingerprint density at radius 2 is 1.71 bits per heavy atom. The first-order chi connectivity index (χ1) is 10.2. The summed E-state index contributed by atoms with van der Waals surface area (Å²) in [6.07, 6.45) is 0.455. The summed E-state index contributed by atoms with van der Waals surface area (Å²) in [5.74, 6) is 0.191. The lowest BCUT2D eigenvalue weighted by atomic mass is 10.1. The lowest BCUT2D eigenvalue weighted by Gasteiger charge is -2.34. The lowest BCUT2D eigenvalue weighted by molar-refractivity contribution is -0.117. The first kappa shape index (κ1) is 14.4. The molecule has 2 saturated heterocycles. The van der Waals surface area contributed by atoms with Crippen molar-refractivity contribution in [1.82, 2.24) is 4.90 Å². The molecule has 0 saturated carbocycles. The normalized spacial score (nSPS) is 23.9. The number of likely N-dealkylation sites (N-methyl/N-ethyl adjacent to an activating group) is 1. The topological polar surface area (TPSA) is 47.0 Å².